The molecule has 0 aliphatic carbocycles. The first-order chi connectivity index (χ1) is 10.1. The van der Waals surface area contributed by atoms with Gasteiger partial charge in [0.15, 0.2) is 0 Å². The summed E-state index contributed by atoms with van der Waals surface area (Å²) in [5, 5.41) is 0. The smallest absolute Gasteiger partial charge is 0.128 e. The second kappa shape index (κ2) is 5.45. The van der Waals surface area contributed by atoms with Gasteiger partial charge in [-0.15, -0.1) is 0 Å². The molecule has 0 spiro atoms. The minimum atomic E-state index is -0.253. The molecule has 0 fully saturated rings. The predicted octanol–water partition coefficient (Wildman–Crippen LogP) is 3.41. The molecule has 0 amide bonds. The van der Waals surface area contributed by atoms with E-state index in [4.69, 9.17) is 18.0 Å². The van der Waals surface area contributed by atoms with Crippen molar-refractivity contribution in [1.82, 2.24) is 0 Å². The van der Waals surface area contributed by atoms with Gasteiger partial charge < -0.3 is 10.6 Å². The van der Waals surface area contributed by atoms with Gasteiger partial charge in [0.2, 0.25) is 0 Å². The van der Waals surface area contributed by atoms with Crippen molar-refractivity contribution in [2.45, 2.75) is 25.9 Å². The molecule has 2 nitrogen and oxygen atoms in total. The van der Waals surface area contributed by atoms with Gasteiger partial charge in [0, 0.05) is 29.4 Å². The second-order valence-electron chi connectivity index (χ2n) is 5.48. The maximum absolute atomic E-state index is 14.2. The van der Waals surface area contributed by atoms with Gasteiger partial charge in [0.1, 0.15) is 10.8 Å². The highest BCUT2D eigenvalue weighted by atomic mass is 32.1. The third kappa shape index (κ3) is 2.63. The average molecular weight is 300 g/mol. The molecule has 3 rings (SSSR count). The van der Waals surface area contributed by atoms with Gasteiger partial charge in [0.05, 0.1) is 0 Å². The summed E-state index contributed by atoms with van der Waals surface area (Å²) in [7, 11) is 0. The van der Waals surface area contributed by atoms with Crippen LogP contribution in [0.25, 0.3) is 0 Å². The monoisotopic (exact) mass is 300 g/mol. The van der Waals surface area contributed by atoms with Crippen molar-refractivity contribution >= 4 is 22.9 Å². The van der Waals surface area contributed by atoms with Gasteiger partial charge >= 0.3 is 0 Å². The van der Waals surface area contributed by atoms with Crippen molar-refractivity contribution in [1.29, 1.82) is 0 Å². The zero-order valence-electron chi connectivity index (χ0n) is 11.8. The van der Waals surface area contributed by atoms with Crippen LogP contribution >= 0.6 is 12.2 Å². The lowest BCUT2D eigenvalue weighted by Gasteiger charge is -2.25. The molecule has 2 aromatic rings. The normalized spacial score (nSPS) is 16.9. The second-order valence-corrected chi connectivity index (χ2v) is 5.92. The number of nitrogens with two attached hydrogens (primary N) is 1. The Morgan fingerprint density at radius 3 is 2.81 bits per heavy atom. The molecule has 21 heavy (non-hydrogen) atoms. The molecule has 0 radical (unpaired) electrons. The highest BCUT2D eigenvalue weighted by Gasteiger charge is 2.26. The summed E-state index contributed by atoms with van der Waals surface area (Å²) < 4.78 is 14.2. The summed E-state index contributed by atoms with van der Waals surface area (Å²) in [6.45, 7) is 2.73. The number of nitrogens with zero attached hydrogens (tertiary/aromatic N) is 1. The number of anilines is 1. The Hall–Kier alpha value is -1.94. The van der Waals surface area contributed by atoms with E-state index in [2.05, 4.69) is 24.0 Å². The molecular formula is C17H17FN2S. The van der Waals surface area contributed by atoms with E-state index >= 15 is 0 Å². The van der Waals surface area contributed by atoms with Gasteiger partial charge in [0.25, 0.3) is 0 Å². The third-order valence-electron chi connectivity index (χ3n) is 4.03. The van der Waals surface area contributed by atoms with E-state index in [1.807, 2.05) is 12.1 Å². The average Bonchev–Trinajstić information content (AvgIpc) is 2.77. The summed E-state index contributed by atoms with van der Waals surface area (Å²) in [6.07, 6.45) is 1.00. The van der Waals surface area contributed by atoms with Crippen molar-refractivity contribution in [2.24, 2.45) is 5.73 Å². The Labute approximate surface area is 129 Å². The third-order valence-corrected chi connectivity index (χ3v) is 4.26. The number of para-hydroxylation sites is 1. The Morgan fingerprint density at radius 1 is 1.33 bits per heavy atom. The molecule has 2 N–H and O–H groups in total. The summed E-state index contributed by atoms with van der Waals surface area (Å²) in [4.78, 5) is 2.47. The van der Waals surface area contributed by atoms with Crippen molar-refractivity contribution in [2.75, 3.05) is 4.90 Å². The first-order valence-electron chi connectivity index (χ1n) is 6.99. The van der Waals surface area contributed by atoms with E-state index < -0.39 is 0 Å². The number of fused-ring (bicyclic) bond motifs is 1. The molecule has 1 aliphatic heterocycles. The fourth-order valence-electron chi connectivity index (χ4n) is 2.88. The van der Waals surface area contributed by atoms with Gasteiger partial charge in [-0.3, -0.25) is 0 Å². The van der Waals surface area contributed by atoms with E-state index in [0.29, 0.717) is 23.7 Å². The van der Waals surface area contributed by atoms with Crippen LogP contribution in [0.2, 0.25) is 0 Å². The molecule has 4 heteroatoms. The summed E-state index contributed by atoms with van der Waals surface area (Å²) in [5.41, 5.74) is 9.29. The Morgan fingerprint density at radius 2 is 2.10 bits per heavy atom. The predicted molar refractivity (Wildman–Crippen MR) is 88.1 cm³/mol. The summed E-state index contributed by atoms with van der Waals surface area (Å²) in [6, 6.07) is 13.7. The van der Waals surface area contributed by atoms with E-state index in [1.165, 1.54) is 17.3 Å². The van der Waals surface area contributed by atoms with Crippen LogP contribution < -0.4 is 10.6 Å². The molecule has 0 saturated heterocycles. The molecule has 1 atom stereocenters. The molecule has 2 aromatic carbocycles. The molecule has 108 valence electrons. The largest absolute Gasteiger partial charge is 0.389 e. The summed E-state index contributed by atoms with van der Waals surface area (Å²) in [5.74, 6) is -0.253. The summed E-state index contributed by atoms with van der Waals surface area (Å²) >= 11 is 4.88. The van der Waals surface area contributed by atoms with Crippen LogP contribution in [0.3, 0.4) is 0 Å². The Balaban J connectivity index is 1.89. The number of rotatable bonds is 3. The van der Waals surface area contributed by atoms with Crippen molar-refractivity contribution in [3.63, 3.8) is 0 Å². The molecule has 0 aromatic heterocycles. The zero-order valence-corrected chi connectivity index (χ0v) is 12.7. The maximum atomic E-state index is 14.2. The molecule has 0 bridgehead atoms. The topological polar surface area (TPSA) is 29.3 Å². The molecular weight excluding hydrogens is 283 g/mol. The SMILES string of the molecule is CC1Cc2ccccc2N1Cc1ccc(C(N)=S)cc1F. The van der Waals surface area contributed by atoms with Crippen molar-refractivity contribution < 1.29 is 4.39 Å². The zero-order chi connectivity index (χ0) is 15.0. The molecule has 1 aliphatic rings. The molecule has 1 heterocycles. The van der Waals surface area contributed by atoms with Gasteiger partial charge in [-0.05, 0) is 31.0 Å². The van der Waals surface area contributed by atoms with Crippen LogP contribution in [-0.2, 0) is 13.0 Å². The first kappa shape index (κ1) is 14.0. The van der Waals surface area contributed by atoms with Gasteiger partial charge in [-0.2, -0.15) is 0 Å². The Kier molecular flexibility index (Phi) is 3.64. The fraction of sp³-hybridized carbons (Fsp3) is 0.235. The number of halogens is 1. The van der Waals surface area contributed by atoms with Crippen molar-refractivity contribution in [3.8, 4) is 0 Å². The van der Waals surface area contributed by atoms with Crippen molar-refractivity contribution in [3.05, 3.63) is 65.0 Å². The lowest BCUT2D eigenvalue weighted by Crippen LogP contribution is -2.29. The molecule has 0 saturated carbocycles. The minimum absolute atomic E-state index is 0.223. The highest BCUT2D eigenvalue weighted by Crippen LogP contribution is 2.33. The van der Waals surface area contributed by atoms with Crippen LogP contribution in [0, 0.1) is 5.82 Å². The van der Waals surface area contributed by atoms with Gasteiger partial charge in [-0.25, -0.2) is 4.39 Å². The van der Waals surface area contributed by atoms with E-state index in [-0.39, 0.29) is 10.8 Å². The van der Waals surface area contributed by atoms with Gasteiger partial charge in [-0.1, -0.05) is 42.5 Å². The number of hydrogen-bond acceptors (Lipinski definition) is 2. The quantitative estimate of drug-likeness (QED) is 0.881. The number of thiocarbonyl (C=S) groups is 1. The standard InChI is InChI=1S/C17H17FN2S/c1-11-8-12-4-2-3-5-16(12)20(11)10-14-7-6-13(17(19)21)9-15(14)18/h2-7,9,11H,8,10H2,1H3,(H2,19,21). The molecule has 1 unspecified atom stereocenters. The van der Waals surface area contributed by atoms with Crippen LogP contribution in [0.15, 0.2) is 42.5 Å². The first-order valence-corrected chi connectivity index (χ1v) is 7.40. The number of benzene rings is 2. The van der Waals surface area contributed by atoms with E-state index in [9.17, 15) is 4.39 Å². The van der Waals surface area contributed by atoms with Crippen LogP contribution in [0.1, 0.15) is 23.6 Å². The van der Waals surface area contributed by atoms with Crippen LogP contribution in [-0.4, -0.2) is 11.0 Å². The van der Waals surface area contributed by atoms with Crippen LogP contribution in [0.5, 0.6) is 0 Å². The highest BCUT2D eigenvalue weighted by molar-refractivity contribution is 7.80. The maximum Gasteiger partial charge on any atom is 0.128 e. The lowest BCUT2D eigenvalue weighted by atomic mass is 10.1. The minimum Gasteiger partial charge on any atom is -0.389 e. The van der Waals surface area contributed by atoms with E-state index in [0.717, 1.165) is 6.42 Å². The fourth-order valence-corrected chi connectivity index (χ4v) is 3.01. The van der Waals surface area contributed by atoms with E-state index in [1.54, 1.807) is 12.1 Å². The van der Waals surface area contributed by atoms with Crippen LogP contribution in [0.4, 0.5) is 10.1 Å². The number of hydrogen-bond donors (Lipinski definition) is 1. The Bertz CT molecular complexity index is 699. The lowest BCUT2D eigenvalue weighted by molar-refractivity contribution is 0.593.